The molecule has 0 fully saturated rings. The van der Waals surface area contributed by atoms with Gasteiger partial charge in [0.15, 0.2) is 0 Å². The van der Waals surface area contributed by atoms with E-state index in [0.29, 0.717) is 10.6 Å². The van der Waals surface area contributed by atoms with Crippen LogP contribution in [0.5, 0.6) is 5.95 Å². The van der Waals surface area contributed by atoms with Gasteiger partial charge in [0.1, 0.15) is 10.9 Å². The fraction of sp³-hybridized carbons (Fsp3) is 0.529. The molecular weight excluding hydrogens is 358 g/mol. The van der Waals surface area contributed by atoms with E-state index in [-0.39, 0.29) is 19.1 Å². The fourth-order valence-corrected chi connectivity index (χ4v) is 4.37. The molecule has 0 spiro atoms. The zero-order valence-corrected chi connectivity index (χ0v) is 15.4. The molecule has 1 aliphatic carbocycles. The third-order valence-electron chi connectivity index (χ3n) is 4.20. The number of carbonyl (C=O) groups excluding carboxylic acids is 2. The number of fused-ring (bicyclic) bond motifs is 1. The van der Waals surface area contributed by atoms with Gasteiger partial charge < -0.3 is 19.7 Å². The Labute approximate surface area is 154 Å². The van der Waals surface area contributed by atoms with Crippen molar-refractivity contribution < 1.29 is 28.6 Å². The molecule has 2 aromatic rings. The quantitative estimate of drug-likeness (QED) is 0.624. The summed E-state index contributed by atoms with van der Waals surface area (Å²) in [6, 6.07) is 0. The van der Waals surface area contributed by atoms with Crippen LogP contribution in [-0.4, -0.2) is 23.8 Å². The molecule has 1 N–H and O–H groups in total. The second-order valence-corrected chi connectivity index (χ2v) is 7.21. The molecule has 2 heterocycles. The van der Waals surface area contributed by atoms with Crippen LogP contribution >= 0.6 is 11.3 Å². The third-order valence-corrected chi connectivity index (χ3v) is 5.41. The molecule has 2 aromatic heterocycles. The van der Waals surface area contributed by atoms with Crippen LogP contribution in [0.4, 0.5) is 5.00 Å². The van der Waals surface area contributed by atoms with Crippen molar-refractivity contribution in [1.82, 2.24) is 5.27 Å². The summed E-state index contributed by atoms with van der Waals surface area (Å²) in [5, 5.41) is 17.7. The van der Waals surface area contributed by atoms with E-state index in [1.54, 1.807) is 6.92 Å². The second kappa shape index (κ2) is 8.31. The standard InChI is InChI=1S/C17H21N3O5S/c1-2-24-17(23)15-11-7-5-3-4-6-8-12(11)26-16(15)18-13(21)9-20-10-14(22)25-19-20/h10H,2-9H2,1H3,(H-,18,19,21,22,23). The van der Waals surface area contributed by atoms with Crippen molar-refractivity contribution in [3.63, 3.8) is 0 Å². The summed E-state index contributed by atoms with van der Waals surface area (Å²) in [6.45, 7) is 1.86. The Morgan fingerprint density at radius 3 is 2.81 bits per heavy atom. The van der Waals surface area contributed by atoms with Gasteiger partial charge in [-0.1, -0.05) is 17.5 Å². The Kier molecular flexibility index (Phi) is 5.87. The number of carbonyl (C=O) groups is 2. The van der Waals surface area contributed by atoms with Crippen LogP contribution in [0.25, 0.3) is 0 Å². The zero-order chi connectivity index (χ0) is 18.5. The van der Waals surface area contributed by atoms with E-state index in [9.17, 15) is 14.7 Å². The van der Waals surface area contributed by atoms with Crippen LogP contribution in [0, 0.1) is 0 Å². The Balaban J connectivity index is 1.85. The average molecular weight is 379 g/mol. The highest BCUT2D eigenvalue weighted by atomic mass is 32.1. The van der Waals surface area contributed by atoms with Crippen molar-refractivity contribution in [3.8, 4) is 5.95 Å². The van der Waals surface area contributed by atoms with Gasteiger partial charge in [-0.3, -0.25) is 4.79 Å². The fourth-order valence-electron chi connectivity index (χ4n) is 3.08. The number of nitrogens with zero attached hydrogens (tertiary/aromatic N) is 2. The van der Waals surface area contributed by atoms with Crippen molar-refractivity contribution in [1.29, 1.82) is 0 Å². The number of hydrogen-bond donors (Lipinski definition) is 1. The first-order chi connectivity index (χ1) is 12.6. The van der Waals surface area contributed by atoms with Crippen LogP contribution < -0.4 is 15.1 Å². The minimum Gasteiger partial charge on any atom is -0.539 e. The van der Waals surface area contributed by atoms with Crippen molar-refractivity contribution in [3.05, 3.63) is 22.2 Å². The van der Waals surface area contributed by atoms with Gasteiger partial charge in [0.25, 0.3) is 12.5 Å². The van der Waals surface area contributed by atoms with Gasteiger partial charge in [0.2, 0.25) is 6.20 Å². The first kappa shape index (κ1) is 18.4. The predicted octanol–water partition coefficient (Wildman–Crippen LogP) is 1.57. The summed E-state index contributed by atoms with van der Waals surface area (Å²) in [5.41, 5.74) is 1.47. The first-order valence-electron chi connectivity index (χ1n) is 8.73. The number of aryl methyl sites for hydroxylation is 1. The highest BCUT2D eigenvalue weighted by molar-refractivity contribution is 7.17. The summed E-state index contributed by atoms with van der Waals surface area (Å²) in [6.07, 6.45) is 7.22. The largest absolute Gasteiger partial charge is 0.539 e. The summed E-state index contributed by atoms with van der Waals surface area (Å²) >= 11 is 1.44. The number of amides is 1. The summed E-state index contributed by atoms with van der Waals surface area (Å²) in [7, 11) is 0. The molecule has 0 atom stereocenters. The van der Waals surface area contributed by atoms with E-state index in [0.717, 1.165) is 53.4 Å². The second-order valence-electron chi connectivity index (χ2n) is 6.11. The summed E-state index contributed by atoms with van der Waals surface area (Å²) in [4.78, 5) is 25.9. The number of ether oxygens (including phenoxy) is 1. The molecule has 140 valence electrons. The molecule has 0 radical (unpaired) electrons. The maximum atomic E-state index is 12.5. The van der Waals surface area contributed by atoms with E-state index in [1.165, 1.54) is 17.8 Å². The van der Waals surface area contributed by atoms with Gasteiger partial charge in [-0.05, 0) is 38.2 Å². The van der Waals surface area contributed by atoms with Crippen LogP contribution in [0.2, 0.25) is 0 Å². The van der Waals surface area contributed by atoms with Crippen molar-refractivity contribution in [2.45, 2.75) is 52.0 Å². The van der Waals surface area contributed by atoms with Gasteiger partial charge in [0.05, 0.1) is 17.4 Å². The first-order valence-corrected chi connectivity index (χ1v) is 9.55. The van der Waals surface area contributed by atoms with Gasteiger partial charge in [-0.25, -0.2) is 4.79 Å². The van der Waals surface area contributed by atoms with Crippen LogP contribution in [0.1, 0.15) is 53.4 Å². The van der Waals surface area contributed by atoms with E-state index >= 15 is 0 Å². The lowest BCUT2D eigenvalue weighted by Gasteiger charge is -2.11. The molecule has 26 heavy (non-hydrogen) atoms. The molecule has 0 unspecified atom stereocenters. The smallest absolute Gasteiger partial charge is 0.341 e. The molecule has 0 saturated carbocycles. The Morgan fingerprint density at radius 1 is 1.35 bits per heavy atom. The van der Waals surface area contributed by atoms with Gasteiger partial charge in [0, 0.05) is 4.88 Å². The minimum atomic E-state index is -0.621. The molecule has 0 saturated heterocycles. The van der Waals surface area contributed by atoms with Gasteiger partial charge in [-0.2, -0.15) is 0 Å². The van der Waals surface area contributed by atoms with Crippen LogP contribution in [0.15, 0.2) is 10.7 Å². The Morgan fingerprint density at radius 2 is 2.12 bits per heavy atom. The molecule has 9 heteroatoms. The highest BCUT2D eigenvalue weighted by Crippen LogP contribution is 2.37. The molecule has 0 aromatic carbocycles. The lowest BCUT2D eigenvalue weighted by Crippen LogP contribution is -2.41. The number of aromatic nitrogens is 2. The molecule has 3 rings (SSSR count). The lowest BCUT2D eigenvalue weighted by molar-refractivity contribution is -0.750. The minimum absolute atomic E-state index is 0.170. The summed E-state index contributed by atoms with van der Waals surface area (Å²) in [5.74, 6) is -1.41. The molecule has 0 aliphatic heterocycles. The van der Waals surface area contributed by atoms with E-state index < -0.39 is 11.9 Å². The third kappa shape index (κ3) is 4.21. The number of rotatable bonds is 5. The molecule has 8 nitrogen and oxygen atoms in total. The van der Waals surface area contributed by atoms with Gasteiger partial charge >= 0.3 is 5.97 Å². The zero-order valence-electron chi connectivity index (χ0n) is 14.6. The summed E-state index contributed by atoms with van der Waals surface area (Å²) < 4.78 is 10.7. The molecular formula is C17H21N3O5S. The maximum Gasteiger partial charge on any atom is 0.341 e. The number of anilines is 1. The number of nitrogens with one attached hydrogen (secondary N) is 1. The van der Waals surface area contributed by atoms with E-state index in [2.05, 4.69) is 15.1 Å². The van der Waals surface area contributed by atoms with Gasteiger partial charge in [-0.15, -0.1) is 11.3 Å². The monoisotopic (exact) mass is 379 g/mol. The highest BCUT2D eigenvalue weighted by Gasteiger charge is 2.27. The maximum absolute atomic E-state index is 12.5. The normalized spacial score (nSPS) is 14.2. The number of thiophene rings is 1. The lowest BCUT2D eigenvalue weighted by atomic mass is 9.96. The Bertz CT molecular complexity index is 798. The van der Waals surface area contributed by atoms with E-state index in [1.807, 2.05) is 0 Å². The molecule has 1 amide bonds. The van der Waals surface area contributed by atoms with Crippen molar-refractivity contribution >= 4 is 28.2 Å². The van der Waals surface area contributed by atoms with Crippen molar-refractivity contribution in [2.75, 3.05) is 11.9 Å². The molecule has 1 aliphatic rings. The number of hydrogen-bond acceptors (Lipinski definition) is 7. The molecule has 0 bridgehead atoms. The topological polar surface area (TPSA) is 108 Å². The average Bonchev–Trinajstić information content (AvgIpc) is 3.11. The van der Waals surface area contributed by atoms with E-state index in [4.69, 9.17) is 4.74 Å². The predicted molar refractivity (Wildman–Crippen MR) is 90.9 cm³/mol. The Hall–Kier alpha value is -2.42. The van der Waals surface area contributed by atoms with Crippen LogP contribution in [0.3, 0.4) is 0 Å². The van der Waals surface area contributed by atoms with Crippen LogP contribution in [-0.2, 0) is 28.9 Å². The number of esters is 1. The SMILES string of the molecule is CCOC(=O)c1c(NC(=O)C[n+]2cc([O-])on2)sc2c1CCCCCC2. The van der Waals surface area contributed by atoms with Crippen molar-refractivity contribution in [2.24, 2.45) is 0 Å².